The van der Waals surface area contributed by atoms with Gasteiger partial charge in [0.1, 0.15) is 5.82 Å². The summed E-state index contributed by atoms with van der Waals surface area (Å²) in [6, 6.07) is 68.3. The van der Waals surface area contributed by atoms with Gasteiger partial charge in [-0.05, 0) is 172 Å². The molecule has 3 nitrogen and oxygen atoms in total. The molecule has 9 rings (SSSR count). The van der Waals surface area contributed by atoms with Crippen LogP contribution in [0.2, 0.25) is 0 Å². The van der Waals surface area contributed by atoms with E-state index < -0.39 is 0 Å². The molecular formula is C69H73N3. The lowest BCUT2D eigenvalue weighted by molar-refractivity contribution is 0.590. The van der Waals surface area contributed by atoms with Crippen LogP contribution in [0.25, 0.3) is 83.8 Å². The molecule has 0 saturated carbocycles. The summed E-state index contributed by atoms with van der Waals surface area (Å²) in [6.45, 7) is 29.6. The first kappa shape index (κ1) is 49.9. The topological polar surface area (TPSA) is 30.7 Å². The lowest BCUT2D eigenvalue weighted by atomic mass is 9.84. The first-order valence-corrected chi connectivity index (χ1v) is 26.0. The van der Waals surface area contributed by atoms with Crippen molar-refractivity contribution in [1.29, 1.82) is 0 Å². The van der Waals surface area contributed by atoms with Crippen molar-refractivity contribution >= 4 is 0 Å². The summed E-state index contributed by atoms with van der Waals surface area (Å²) in [5, 5.41) is 5.32. The molecule has 0 aliphatic heterocycles. The molecule has 0 bridgehead atoms. The average Bonchev–Trinajstić information content (AvgIpc) is 3.79. The molecule has 9 aromatic rings. The predicted molar refractivity (Wildman–Crippen MR) is 308 cm³/mol. The molecular weight excluding hydrogens is 871 g/mol. The Morgan fingerprint density at radius 2 is 0.597 bits per heavy atom. The van der Waals surface area contributed by atoms with Crippen LogP contribution in [0.4, 0.5) is 0 Å². The maximum absolute atomic E-state index is 5.32. The van der Waals surface area contributed by atoms with Crippen molar-refractivity contribution < 1.29 is 0 Å². The van der Waals surface area contributed by atoms with E-state index in [4.69, 9.17) is 10.1 Å². The van der Waals surface area contributed by atoms with Gasteiger partial charge in [0, 0.05) is 12.0 Å². The number of nitrogens with zero attached hydrogens (tertiary/aromatic N) is 3. The second-order valence-electron chi connectivity index (χ2n) is 24.1. The summed E-state index contributed by atoms with van der Waals surface area (Å²) >= 11 is 0. The van der Waals surface area contributed by atoms with Crippen LogP contribution in [0.15, 0.2) is 182 Å². The van der Waals surface area contributed by atoms with Crippen molar-refractivity contribution in [3.63, 3.8) is 0 Å². The van der Waals surface area contributed by atoms with E-state index in [2.05, 4.69) is 271 Å². The third kappa shape index (κ3) is 11.0. The smallest absolute Gasteiger partial charge is 0.181 e. The largest absolute Gasteiger partial charge is 0.217 e. The maximum atomic E-state index is 5.32. The van der Waals surface area contributed by atoms with Crippen LogP contribution in [0.1, 0.15) is 125 Å². The van der Waals surface area contributed by atoms with Crippen LogP contribution in [0, 0.1) is 0 Å². The molecule has 0 spiro atoms. The first-order chi connectivity index (χ1) is 34.1. The fourth-order valence-corrected chi connectivity index (χ4v) is 9.62. The van der Waals surface area contributed by atoms with Crippen molar-refractivity contribution in [2.75, 3.05) is 0 Å². The molecule has 1 heterocycles. The van der Waals surface area contributed by atoms with Gasteiger partial charge >= 0.3 is 0 Å². The molecule has 0 aliphatic rings. The van der Waals surface area contributed by atoms with Gasteiger partial charge in [0.2, 0.25) is 0 Å². The van der Waals surface area contributed by atoms with E-state index in [-0.39, 0.29) is 21.7 Å². The number of aromatic nitrogens is 3. The van der Waals surface area contributed by atoms with Gasteiger partial charge in [-0.15, -0.1) is 5.10 Å². The zero-order chi connectivity index (χ0) is 51.2. The Balaban J connectivity index is 1.30. The van der Waals surface area contributed by atoms with Gasteiger partial charge in [0.25, 0.3) is 0 Å². The Kier molecular flexibility index (Phi) is 13.5. The van der Waals surface area contributed by atoms with Crippen LogP contribution < -0.4 is 0 Å². The van der Waals surface area contributed by atoms with Gasteiger partial charge in [-0.25, -0.2) is 9.67 Å². The van der Waals surface area contributed by atoms with E-state index in [1.54, 1.807) is 0 Å². The lowest BCUT2D eigenvalue weighted by Gasteiger charge is -2.20. The monoisotopic (exact) mass is 944 g/mol. The molecule has 72 heavy (non-hydrogen) atoms. The number of hydrogen-bond donors (Lipinski definition) is 0. The standard InChI is InChI=1S/C69H73N3/c1-14-18-64-70-65(50-19-16-15-17-20-50)71-72(64)63-44-57(55-39-51(46-21-29-59(30-22-46)66(2,3)4)37-52(40-55)47-23-31-60(32-24-47)67(5,6)7)43-58(45-63)56-41-53(48-25-33-61(34-26-48)68(8,9)10)38-54(42-56)49-27-35-62(36-28-49)69(11,12)13/h15-17,19-45H,14,18H2,1-13H3. The summed E-state index contributed by atoms with van der Waals surface area (Å²) in [5.74, 6) is 1.67. The number of rotatable bonds is 10. The summed E-state index contributed by atoms with van der Waals surface area (Å²) in [5.41, 5.74) is 21.4. The van der Waals surface area contributed by atoms with Gasteiger partial charge in [0.15, 0.2) is 5.82 Å². The Morgan fingerprint density at radius 1 is 0.319 bits per heavy atom. The van der Waals surface area contributed by atoms with Crippen LogP contribution in [0.3, 0.4) is 0 Å². The Labute approximate surface area is 431 Å². The lowest BCUT2D eigenvalue weighted by Crippen LogP contribution is -2.10. The van der Waals surface area contributed by atoms with E-state index >= 15 is 0 Å². The second kappa shape index (κ2) is 19.5. The predicted octanol–water partition coefficient (Wildman–Crippen LogP) is 19.1. The van der Waals surface area contributed by atoms with Crippen LogP contribution in [-0.2, 0) is 28.1 Å². The van der Waals surface area contributed by atoms with Crippen molar-refractivity contribution in [3.05, 3.63) is 210 Å². The second-order valence-corrected chi connectivity index (χ2v) is 24.1. The normalized spacial score (nSPS) is 12.3. The Bertz CT molecular complexity index is 2990. The first-order valence-electron chi connectivity index (χ1n) is 26.0. The Morgan fingerprint density at radius 3 is 0.875 bits per heavy atom. The van der Waals surface area contributed by atoms with Gasteiger partial charge in [0.05, 0.1) is 5.69 Å². The fraction of sp³-hybridized carbons (Fsp3) is 0.275. The Hall–Kier alpha value is -7.10. The summed E-state index contributed by atoms with van der Waals surface area (Å²) < 4.78 is 2.10. The fourth-order valence-electron chi connectivity index (χ4n) is 9.62. The van der Waals surface area contributed by atoms with E-state index in [0.717, 1.165) is 58.0 Å². The van der Waals surface area contributed by atoms with Crippen molar-refractivity contribution in [3.8, 4) is 83.8 Å². The van der Waals surface area contributed by atoms with E-state index in [9.17, 15) is 0 Å². The maximum Gasteiger partial charge on any atom is 0.181 e. The van der Waals surface area contributed by atoms with Gasteiger partial charge < -0.3 is 0 Å². The molecule has 364 valence electrons. The molecule has 0 aliphatic carbocycles. The van der Waals surface area contributed by atoms with Gasteiger partial charge in [-0.1, -0.05) is 217 Å². The number of aryl methyl sites for hydroxylation is 1. The molecule has 0 saturated heterocycles. The molecule has 0 fully saturated rings. The minimum atomic E-state index is 0.0540. The highest BCUT2D eigenvalue weighted by Gasteiger charge is 2.21. The molecule has 0 radical (unpaired) electrons. The third-order valence-electron chi connectivity index (χ3n) is 14.2. The zero-order valence-corrected chi connectivity index (χ0v) is 45.1. The SMILES string of the molecule is CCCc1nc(-c2ccccc2)nn1-c1cc(-c2cc(-c3ccc(C(C)(C)C)cc3)cc(-c3ccc(C(C)(C)C)cc3)c2)cc(-c2cc(-c3ccc(C(C)(C)C)cc3)cc(-c3ccc(C(C)(C)C)cc3)c2)c1. The minimum absolute atomic E-state index is 0.0540. The van der Waals surface area contributed by atoms with Crippen molar-refractivity contribution in [2.24, 2.45) is 0 Å². The average molecular weight is 944 g/mol. The van der Waals surface area contributed by atoms with Crippen LogP contribution >= 0.6 is 0 Å². The molecule has 0 N–H and O–H groups in total. The molecule has 3 heteroatoms. The van der Waals surface area contributed by atoms with E-state index in [0.29, 0.717) is 0 Å². The molecule has 0 unspecified atom stereocenters. The van der Waals surface area contributed by atoms with E-state index in [1.165, 1.54) is 66.8 Å². The summed E-state index contributed by atoms with van der Waals surface area (Å²) in [7, 11) is 0. The van der Waals surface area contributed by atoms with Gasteiger partial charge in [-0.3, -0.25) is 0 Å². The molecule has 1 aromatic heterocycles. The zero-order valence-electron chi connectivity index (χ0n) is 45.1. The number of hydrogen-bond acceptors (Lipinski definition) is 2. The molecule has 0 atom stereocenters. The van der Waals surface area contributed by atoms with Crippen molar-refractivity contribution in [2.45, 2.75) is 125 Å². The quantitative estimate of drug-likeness (QED) is 0.137. The third-order valence-corrected chi connectivity index (χ3v) is 14.2. The van der Waals surface area contributed by atoms with Gasteiger partial charge in [-0.2, -0.15) is 0 Å². The number of benzene rings is 8. The summed E-state index contributed by atoms with van der Waals surface area (Å²) in [6.07, 6.45) is 1.74. The highest BCUT2D eigenvalue weighted by molar-refractivity contribution is 5.87. The van der Waals surface area contributed by atoms with E-state index in [1.807, 2.05) is 6.07 Å². The minimum Gasteiger partial charge on any atom is -0.217 e. The molecule has 0 amide bonds. The van der Waals surface area contributed by atoms with Crippen molar-refractivity contribution in [1.82, 2.24) is 14.8 Å². The van der Waals surface area contributed by atoms with Crippen LogP contribution in [-0.4, -0.2) is 14.8 Å². The highest BCUT2D eigenvalue weighted by atomic mass is 15.4. The highest BCUT2D eigenvalue weighted by Crippen LogP contribution is 2.40. The summed E-state index contributed by atoms with van der Waals surface area (Å²) in [4.78, 5) is 5.22. The van der Waals surface area contributed by atoms with Crippen LogP contribution in [0.5, 0.6) is 0 Å². The molecule has 8 aromatic carbocycles.